The molecule has 0 aliphatic heterocycles. The SMILES string of the molecule is CN(C)/C=C/c1nc2ccccc2[nH]1. The van der Waals surface area contributed by atoms with Gasteiger partial charge in [-0.15, -0.1) is 0 Å². The highest BCUT2D eigenvalue weighted by Crippen LogP contribution is 2.10. The lowest BCUT2D eigenvalue weighted by atomic mass is 10.3. The standard InChI is InChI=1S/C11H13N3/c1-14(2)8-7-11-12-9-5-3-4-6-10(9)13-11/h3-8H,1-2H3,(H,12,13)/b8-7+. The quantitative estimate of drug-likeness (QED) is 0.780. The molecule has 72 valence electrons. The fourth-order valence-electron chi connectivity index (χ4n) is 1.27. The maximum atomic E-state index is 4.42. The van der Waals surface area contributed by atoms with Crippen LogP contribution in [0.5, 0.6) is 0 Å². The summed E-state index contributed by atoms with van der Waals surface area (Å²) in [7, 11) is 3.97. The molecule has 14 heavy (non-hydrogen) atoms. The van der Waals surface area contributed by atoms with Crippen LogP contribution in [0.25, 0.3) is 17.1 Å². The van der Waals surface area contributed by atoms with Gasteiger partial charge in [0, 0.05) is 20.3 Å². The predicted molar refractivity (Wildman–Crippen MR) is 58.8 cm³/mol. The highest BCUT2D eigenvalue weighted by Gasteiger charge is 1.97. The van der Waals surface area contributed by atoms with Gasteiger partial charge in [0.2, 0.25) is 0 Å². The summed E-state index contributed by atoms with van der Waals surface area (Å²) in [5.74, 6) is 0.889. The Morgan fingerprint density at radius 2 is 2.07 bits per heavy atom. The number of benzene rings is 1. The highest BCUT2D eigenvalue weighted by atomic mass is 15.0. The van der Waals surface area contributed by atoms with E-state index in [0.717, 1.165) is 16.9 Å². The van der Waals surface area contributed by atoms with E-state index >= 15 is 0 Å². The predicted octanol–water partition coefficient (Wildman–Crippen LogP) is 2.10. The number of nitrogens with zero attached hydrogens (tertiary/aromatic N) is 2. The molecule has 0 radical (unpaired) electrons. The lowest BCUT2D eigenvalue weighted by Crippen LogP contribution is -1.99. The molecule has 0 aliphatic carbocycles. The van der Waals surface area contributed by atoms with Crippen molar-refractivity contribution in [2.75, 3.05) is 14.1 Å². The number of rotatable bonds is 2. The third-order valence-corrected chi connectivity index (χ3v) is 1.94. The number of imidazole rings is 1. The van der Waals surface area contributed by atoms with Gasteiger partial charge in [-0.25, -0.2) is 4.98 Å². The van der Waals surface area contributed by atoms with E-state index in [1.54, 1.807) is 0 Å². The molecule has 0 unspecified atom stereocenters. The summed E-state index contributed by atoms with van der Waals surface area (Å²) in [4.78, 5) is 9.62. The van der Waals surface area contributed by atoms with E-state index in [1.807, 2.05) is 55.5 Å². The Bertz CT molecular complexity index is 421. The third-order valence-electron chi connectivity index (χ3n) is 1.94. The Labute approximate surface area is 83.1 Å². The van der Waals surface area contributed by atoms with Crippen LogP contribution >= 0.6 is 0 Å². The van der Waals surface area contributed by atoms with Crippen molar-refractivity contribution in [1.82, 2.24) is 14.9 Å². The van der Waals surface area contributed by atoms with Crippen LogP contribution in [0.3, 0.4) is 0 Å². The van der Waals surface area contributed by atoms with Gasteiger partial charge in [-0.3, -0.25) is 0 Å². The molecule has 0 spiro atoms. The molecular formula is C11H13N3. The molecule has 1 aromatic heterocycles. The first-order valence-electron chi connectivity index (χ1n) is 4.55. The second kappa shape index (κ2) is 3.54. The van der Waals surface area contributed by atoms with E-state index < -0.39 is 0 Å². The minimum atomic E-state index is 0.889. The summed E-state index contributed by atoms with van der Waals surface area (Å²) in [6.07, 6.45) is 3.93. The molecule has 1 N–H and O–H groups in total. The summed E-state index contributed by atoms with van der Waals surface area (Å²) < 4.78 is 0. The van der Waals surface area contributed by atoms with Crippen molar-refractivity contribution in [3.63, 3.8) is 0 Å². The van der Waals surface area contributed by atoms with Crippen LogP contribution in [0.1, 0.15) is 5.82 Å². The zero-order chi connectivity index (χ0) is 9.97. The van der Waals surface area contributed by atoms with Gasteiger partial charge < -0.3 is 9.88 Å². The van der Waals surface area contributed by atoms with Crippen molar-refractivity contribution in [1.29, 1.82) is 0 Å². The van der Waals surface area contributed by atoms with Crippen molar-refractivity contribution in [2.45, 2.75) is 0 Å². The summed E-state index contributed by atoms with van der Waals surface area (Å²) in [6.45, 7) is 0. The number of H-pyrrole nitrogens is 1. The van der Waals surface area contributed by atoms with E-state index in [0.29, 0.717) is 0 Å². The highest BCUT2D eigenvalue weighted by molar-refractivity contribution is 5.76. The van der Waals surface area contributed by atoms with Gasteiger partial charge in [0.05, 0.1) is 11.0 Å². The van der Waals surface area contributed by atoms with Gasteiger partial charge in [0.15, 0.2) is 0 Å². The summed E-state index contributed by atoms with van der Waals surface area (Å²) in [5, 5.41) is 0. The van der Waals surface area contributed by atoms with Crippen molar-refractivity contribution < 1.29 is 0 Å². The number of nitrogens with one attached hydrogen (secondary N) is 1. The van der Waals surface area contributed by atoms with E-state index in [9.17, 15) is 0 Å². The van der Waals surface area contributed by atoms with Gasteiger partial charge in [-0.1, -0.05) is 12.1 Å². The topological polar surface area (TPSA) is 31.9 Å². The van der Waals surface area contributed by atoms with Gasteiger partial charge in [0.25, 0.3) is 0 Å². The number of aromatic amines is 1. The Balaban J connectivity index is 2.36. The molecule has 3 heteroatoms. The first kappa shape index (κ1) is 8.81. The molecule has 2 aromatic rings. The Morgan fingerprint density at radius 3 is 2.79 bits per heavy atom. The van der Waals surface area contributed by atoms with Crippen LogP contribution in [-0.2, 0) is 0 Å². The molecule has 0 saturated heterocycles. The average molecular weight is 187 g/mol. The van der Waals surface area contributed by atoms with Crippen LogP contribution < -0.4 is 0 Å². The molecule has 3 nitrogen and oxygen atoms in total. The van der Waals surface area contributed by atoms with Crippen molar-refractivity contribution in [3.05, 3.63) is 36.3 Å². The lowest BCUT2D eigenvalue weighted by Gasteiger charge is -2.01. The third kappa shape index (κ3) is 1.76. The molecule has 1 heterocycles. The zero-order valence-electron chi connectivity index (χ0n) is 8.36. The smallest absolute Gasteiger partial charge is 0.132 e. The maximum Gasteiger partial charge on any atom is 0.132 e. The molecule has 0 atom stereocenters. The lowest BCUT2D eigenvalue weighted by molar-refractivity contribution is 0.567. The van der Waals surface area contributed by atoms with Gasteiger partial charge >= 0.3 is 0 Å². The van der Waals surface area contributed by atoms with E-state index in [-0.39, 0.29) is 0 Å². The number of para-hydroxylation sites is 2. The maximum absolute atomic E-state index is 4.42. The molecule has 2 rings (SSSR count). The fraction of sp³-hybridized carbons (Fsp3) is 0.182. The molecule has 0 fully saturated rings. The van der Waals surface area contributed by atoms with Crippen LogP contribution in [0.4, 0.5) is 0 Å². The molecular weight excluding hydrogens is 174 g/mol. The van der Waals surface area contributed by atoms with Gasteiger partial charge in [-0.05, 0) is 18.2 Å². The molecule has 0 aliphatic rings. The van der Waals surface area contributed by atoms with Crippen molar-refractivity contribution in [2.24, 2.45) is 0 Å². The molecule has 0 saturated carbocycles. The minimum Gasteiger partial charge on any atom is -0.383 e. The Morgan fingerprint density at radius 1 is 1.29 bits per heavy atom. The summed E-state index contributed by atoms with van der Waals surface area (Å²) >= 11 is 0. The first-order chi connectivity index (χ1) is 6.75. The largest absolute Gasteiger partial charge is 0.383 e. The van der Waals surface area contributed by atoms with E-state index in [4.69, 9.17) is 0 Å². The molecule has 1 aromatic carbocycles. The van der Waals surface area contributed by atoms with Crippen molar-refractivity contribution >= 4 is 17.1 Å². The number of fused-ring (bicyclic) bond motifs is 1. The van der Waals surface area contributed by atoms with Gasteiger partial charge in [-0.2, -0.15) is 0 Å². The zero-order valence-corrected chi connectivity index (χ0v) is 8.36. The molecule has 0 bridgehead atoms. The van der Waals surface area contributed by atoms with Crippen LogP contribution in [-0.4, -0.2) is 29.0 Å². The average Bonchev–Trinajstić information content (AvgIpc) is 2.57. The number of hydrogen-bond acceptors (Lipinski definition) is 2. The molecule has 0 amide bonds. The second-order valence-electron chi connectivity index (χ2n) is 3.42. The van der Waals surface area contributed by atoms with Crippen molar-refractivity contribution in [3.8, 4) is 0 Å². The monoisotopic (exact) mass is 187 g/mol. The fourth-order valence-corrected chi connectivity index (χ4v) is 1.27. The summed E-state index contributed by atoms with van der Waals surface area (Å²) in [6, 6.07) is 8.01. The number of hydrogen-bond donors (Lipinski definition) is 1. The normalized spacial score (nSPS) is 11.3. The number of aromatic nitrogens is 2. The first-order valence-corrected chi connectivity index (χ1v) is 4.55. The van der Waals surface area contributed by atoms with Crippen LogP contribution in [0.2, 0.25) is 0 Å². The Hall–Kier alpha value is -1.77. The van der Waals surface area contributed by atoms with E-state index in [1.165, 1.54) is 0 Å². The van der Waals surface area contributed by atoms with Crippen LogP contribution in [0, 0.1) is 0 Å². The summed E-state index contributed by atoms with van der Waals surface area (Å²) in [5.41, 5.74) is 2.08. The van der Waals surface area contributed by atoms with Crippen LogP contribution in [0.15, 0.2) is 30.5 Å². The minimum absolute atomic E-state index is 0.889. The second-order valence-corrected chi connectivity index (χ2v) is 3.42. The van der Waals surface area contributed by atoms with E-state index in [2.05, 4.69) is 9.97 Å². The Kier molecular flexibility index (Phi) is 2.23. The van der Waals surface area contributed by atoms with Gasteiger partial charge in [0.1, 0.15) is 5.82 Å².